The summed E-state index contributed by atoms with van der Waals surface area (Å²) in [6.07, 6.45) is 2.87. The zero-order valence-electron chi connectivity index (χ0n) is 11.3. The van der Waals surface area contributed by atoms with Crippen LogP contribution in [-0.2, 0) is 4.79 Å². The molecule has 0 saturated heterocycles. The second kappa shape index (κ2) is 5.73. The summed E-state index contributed by atoms with van der Waals surface area (Å²) in [6, 6.07) is 11.1. The lowest BCUT2D eigenvalue weighted by atomic mass is 9.90. The van der Waals surface area contributed by atoms with Crippen molar-refractivity contribution >= 4 is 23.3 Å². The highest BCUT2D eigenvalue weighted by Gasteiger charge is 2.25. The van der Waals surface area contributed by atoms with Crippen molar-refractivity contribution in [2.45, 2.75) is 5.92 Å². The van der Waals surface area contributed by atoms with Crippen molar-refractivity contribution in [3.8, 4) is 0 Å². The Hall–Kier alpha value is -2.46. The Morgan fingerprint density at radius 3 is 2.68 bits per heavy atom. The number of carboxylic acid groups (broad SMARTS) is 1. The summed E-state index contributed by atoms with van der Waals surface area (Å²) in [7, 11) is 0. The summed E-state index contributed by atoms with van der Waals surface area (Å²) in [5, 5.41) is 9.82. The van der Waals surface area contributed by atoms with Crippen LogP contribution in [0.25, 0.3) is 0 Å². The first kappa shape index (κ1) is 14.5. The first-order valence-electron chi connectivity index (χ1n) is 6.60. The highest BCUT2D eigenvalue weighted by molar-refractivity contribution is 6.31. The van der Waals surface area contributed by atoms with E-state index >= 15 is 0 Å². The highest BCUT2D eigenvalue weighted by Crippen LogP contribution is 2.30. The van der Waals surface area contributed by atoms with Gasteiger partial charge in [-0.15, -0.1) is 0 Å². The largest absolute Gasteiger partial charge is 0.481 e. The van der Waals surface area contributed by atoms with E-state index in [4.69, 9.17) is 11.6 Å². The number of nitrogens with zero attached hydrogens (tertiary/aromatic N) is 1. The van der Waals surface area contributed by atoms with E-state index in [1.807, 2.05) is 0 Å². The van der Waals surface area contributed by atoms with E-state index in [0.717, 1.165) is 0 Å². The van der Waals surface area contributed by atoms with E-state index in [2.05, 4.69) is 4.99 Å². The Morgan fingerprint density at radius 2 is 1.95 bits per heavy atom. The maximum atomic E-state index is 14.1. The number of rotatable bonds is 2. The van der Waals surface area contributed by atoms with Gasteiger partial charge in [-0.1, -0.05) is 29.8 Å². The number of aliphatic imine (C=N–C) groups is 1. The first-order valence-corrected chi connectivity index (χ1v) is 6.97. The number of carbonyl (C=O) groups is 1. The molecule has 1 aliphatic rings. The minimum Gasteiger partial charge on any atom is -0.481 e. The van der Waals surface area contributed by atoms with Crippen molar-refractivity contribution in [3.05, 3.63) is 82.3 Å². The van der Waals surface area contributed by atoms with Crippen LogP contribution in [-0.4, -0.2) is 16.8 Å². The van der Waals surface area contributed by atoms with Crippen LogP contribution in [0, 0.1) is 5.82 Å². The second-order valence-corrected chi connectivity index (χ2v) is 5.28. The summed E-state index contributed by atoms with van der Waals surface area (Å²) in [6.45, 7) is 0. The molecule has 1 unspecified atom stereocenters. The average Bonchev–Trinajstić information content (AvgIpc) is 2.67. The zero-order chi connectivity index (χ0) is 15.7. The predicted molar refractivity (Wildman–Crippen MR) is 83.0 cm³/mol. The Morgan fingerprint density at radius 1 is 1.18 bits per heavy atom. The number of hydrogen-bond donors (Lipinski definition) is 1. The van der Waals surface area contributed by atoms with Gasteiger partial charge in [-0.05, 0) is 35.9 Å². The summed E-state index contributed by atoms with van der Waals surface area (Å²) in [4.78, 5) is 15.7. The quantitative estimate of drug-likeness (QED) is 0.910. The minimum absolute atomic E-state index is 0.307. The molecule has 3 nitrogen and oxygen atoms in total. The van der Waals surface area contributed by atoms with E-state index in [1.165, 1.54) is 18.3 Å². The fourth-order valence-corrected chi connectivity index (χ4v) is 2.64. The van der Waals surface area contributed by atoms with Crippen LogP contribution in [0.5, 0.6) is 0 Å². The molecule has 1 heterocycles. The summed E-state index contributed by atoms with van der Waals surface area (Å²) < 4.78 is 14.1. The van der Waals surface area contributed by atoms with Gasteiger partial charge in [-0.25, -0.2) is 4.39 Å². The van der Waals surface area contributed by atoms with Gasteiger partial charge in [0.25, 0.3) is 0 Å². The molecule has 2 aromatic carbocycles. The predicted octanol–water partition coefficient (Wildman–Crippen LogP) is 4.01. The molecule has 1 aliphatic heterocycles. The van der Waals surface area contributed by atoms with Crippen molar-refractivity contribution in [3.63, 3.8) is 0 Å². The number of carboxylic acids is 1. The van der Waals surface area contributed by atoms with Crippen molar-refractivity contribution < 1.29 is 14.3 Å². The molecule has 5 heteroatoms. The van der Waals surface area contributed by atoms with Crippen molar-refractivity contribution in [1.82, 2.24) is 0 Å². The SMILES string of the molecule is O=C(O)C1C=CN=C(c2ccccc2F)c2cc(Cl)ccc21. The van der Waals surface area contributed by atoms with E-state index in [9.17, 15) is 14.3 Å². The van der Waals surface area contributed by atoms with Crippen LogP contribution in [0.1, 0.15) is 22.6 Å². The zero-order valence-corrected chi connectivity index (χ0v) is 12.1. The number of benzene rings is 2. The lowest BCUT2D eigenvalue weighted by Crippen LogP contribution is -2.14. The maximum absolute atomic E-state index is 14.1. The van der Waals surface area contributed by atoms with Crippen LogP contribution in [0.4, 0.5) is 4.39 Å². The van der Waals surface area contributed by atoms with Crippen molar-refractivity contribution in [2.24, 2.45) is 4.99 Å². The average molecular weight is 316 g/mol. The van der Waals surface area contributed by atoms with Crippen LogP contribution in [0.15, 0.2) is 59.7 Å². The number of aliphatic carboxylic acids is 1. The molecular weight excluding hydrogens is 305 g/mol. The van der Waals surface area contributed by atoms with Gasteiger partial charge in [0.15, 0.2) is 0 Å². The maximum Gasteiger partial charge on any atom is 0.314 e. The van der Waals surface area contributed by atoms with Gasteiger partial charge < -0.3 is 5.11 Å². The molecule has 0 spiro atoms. The number of halogens is 2. The number of hydrogen-bond acceptors (Lipinski definition) is 2. The molecular formula is C17H11ClFNO2. The summed E-state index contributed by atoms with van der Waals surface area (Å²) in [5.41, 5.74) is 1.74. The molecule has 110 valence electrons. The highest BCUT2D eigenvalue weighted by atomic mass is 35.5. The lowest BCUT2D eigenvalue weighted by Gasteiger charge is -2.14. The third-order valence-corrected chi connectivity index (χ3v) is 3.72. The number of fused-ring (bicyclic) bond motifs is 1. The standard InChI is InChI=1S/C17H11ClFNO2/c18-10-5-6-11-12(17(21)22)7-8-20-16(14(11)9-10)13-3-1-2-4-15(13)19/h1-9,12H,(H,21,22). The van der Waals surface area contributed by atoms with E-state index in [1.54, 1.807) is 36.4 Å². The van der Waals surface area contributed by atoms with Gasteiger partial charge in [0.1, 0.15) is 11.7 Å². The molecule has 22 heavy (non-hydrogen) atoms. The van der Waals surface area contributed by atoms with Gasteiger partial charge in [-0.2, -0.15) is 0 Å². The Balaban J connectivity index is 2.25. The fourth-order valence-electron chi connectivity index (χ4n) is 2.46. The lowest BCUT2D eigenvalue weighted by molar-refractivity contribution is -0.137. The van der Waals surface area contributed by atoms with Crippen LogP contribution in [0.3, 0.4) is 0 Å². The van der Waals surface area contributed by atoms with E-state index in [0.29, 0.717) is 27.4 Å². The van der Waals surface area contributed by atoms with Crippen molar-refractivity contribution in [1.29, 1.82) is 0 Å². The third kappa shape index (κ3) is 2.53. The van der Waals surface area contributed by atoms with Gasteiger partial charge in [0, 0.05) is 22.3 Å². The topological polar surface area (TPSA) is 49.7 Å². The monoisotopic (exact) mass is 315 g/mol. The van der Waals surface area contributed by atoms with Crippen LogP contribution >= 0.6 is 11.6 Å². The molecule has 0 bridgehead atoms. The summed E-state index contributed by atoms with van der Waals surface area (Å²) in [5.74, 6) is -2.26. The Labute approximate surface area is 131 Å². The smallest absolute Gasteiger partial charge is 0.314 e. The molecule has 0 radical (unpaired) electrons. The van der Waals surface area contributed by atoms with Gasteiger partial charge in [0.05, 0.1) is 5.71 Å². The van der Waals surface area contributed by atoms with Gasteiger partial charge >= 0.3 is 5.97 Å². The van der Waals surface area contributed by atoms with Crippen molar-refractivity contribution in [2.75, 3.05) is 0 Å². The minimum atomic E-state index is -0.996. The van der Waals surface area contributed by atoms with E-state index in [-0.39, 0.29) is 0 Å². The van der Waals surface area contributed by atoms with Gasteiger partial charge in [0.2, 0.25) is 0 Å². The normalized spacial score (nSPS) is 16.6. The molecule has 0 saturated carbocycles. The van der Waals surface area contributed by atoms with Crippen LogP contribution < -0.4 is 0 Å². The molecule has 3 rings (SSSR count). The van der Waals surface area contributed by atoms with Crippen LogP contribution in [0.2, 0.25) is 5.02 Å². The van der Waals surface area contributed by atoms with E-state index < -0.39 is 17.7 Å². The summed E-state index contributed by atoms with van der Waals surface area (Å²) >= 11 is 6.03. The van der Waals surface area contributed by atoms with Gasteiger partial charge in [-0.3, -0.25) is 9.79 Å². The first-order chi connectivity index (χ1) is 10.6. The molecule has 0 fully saturated rings. The molecule has 0 amide bonds. The Kier molecular flexibility index (Phi) is 3.77. The molecule has 0 aliphatic carbocycles. The third-order valence-electron chi connectivity index (χ3n) is 3.48. The molecule has 0 aromatic heterocycles. The molecule has 2 aromatic rings. The fraction of sp³-hybridized carbons (Fsp3) is 0.0588. The second-order valence-electron chi connectivity index (χ2n) is 4.85. The Bertz CT molecular complexity index is 814. The molecule has 1 N–H and O–H groups in total. The molecule has 1 atom stereocenters.